The van der Waals surface area contributed by atoms with Crippen LogP contribution in [-0.4, -0.2) is 13.1 Å². The summed E-state index contributed by atoms with van der Waals surface area (Å²) in [4.78, 5) is 2.31. The van der Waals surface area contributed by atoms with E-state index in [4.69, 9.17) is 5.26 Å². The van der Waals surface area contributed by atoms with E-state index in [1.165, 1.54) is 11.3 Å². The molecule has 0 unspecified atom stereocenters. The first kappa shape index (κ1) is 11.6. The normalized spacial score (nSPS) is 9.67. The summed E-state index contributed by atoms with van der Waals surface area (Å²) in [6.07, 6.45) is 1.46. The molecule has 80 valence electrons. The number of anilines is 1. The monoisotopic (exact) mass is 202 g/mol. The Balaban J connectivity index is 2.67. The molecular formula is C13H18N2. The van der Waals surface area contributed by atoms with Crippen molar-refractivity contribution < 1.29 is 0 Å². The Bertz CT molecular complexity index is 317. The molecule has 2 heteroatoms. The molecule has 0 bridgehead atoms. The summed E-state index contributed by atoms with van der Waals surface area (Å²) >= 11 is 0. The van der Waals surface area contributed by atoms with Crippen LogP contribution in [0, 0.1) is 11.3 Å². The van der Waals surface area contributed by atoms with Crippen LogP contribution in [0.25, 0.3) is 0 Å². The number of nitrogens with zero attached hydrogens (tertiary/aromatic N) is 2. The first-order valence-electron chi connectivity index (χ1n) is 5.52. The van der Waals surface area contributed by atoms with Crippen LogP contribution in [0.15, 0.2) is 24.3 Å². The third kappa shape index (κ3) is 3.28. The maximum atomic E-state index is 8.49. The van der Waals surface area contributed by atoms with Crippen molar-refractivity contribution in [3.63, 3.8) is 0 Å². The maximum Gasteiger partial charge on any atom is 0.0625 e. The molecule has 0 spiro atoms. The van der Waals surface area contributed by atoms with Crippen molar-refractivity contribution in [2.45, 2.75) is 26.7 Å². The Hall–Kier alpha value is -1.49. The molecule has 0 aliphatic carbocycles. The van der Waals surface area contributed by atoms with Crippen molar-refractivity contribution in [1.82, 2.24) is 0 Å². The number of nitriles is 1. The van der Waals surface area contributed by atoms with Gasteiger partial charge in [0.15, 0.2) is 0 Å². The second-order valence-electron chi connectivity index (χ2n) is 3.50. The molecule has 0 atom stereocenters. The molecular weight excluding hydrogens is 184 g/mol. The minimum Gasteiger partial charge on any atom is -0.372 e. The van der Waals surface area contributed by atoms with Crippen LogP contribution < -0.4 is 4.90 Å². The highest BCUT2D eigenvalue weighted by atomic mass is 15.1. The molecule has 0 aliphatic rings. The van der Waals surface area contributed by atoms with Crippen LogP contribution in [0.1, 0.15) is 25.8 Å². The fourth-order valence-corrected chi connectivity index (χ4v) is 1.66. The smallest absolute Gasteiger partial charge is 0.0625 e. The third-order valence-corrected chi connectivity index (χ3v) is 2.59. The second kappa shape index (κ2) is 6.08. The molecule has 2 nitrogen and oxygen atoms in total. The molecule has 0 fully saturated rings. The van der Waals surface area contributed by atoms with E-state index in [0.29, 0.717) is 6.42 Å². The Labute approximate surface area is 92.1 Å². The lowest BCUT2D eigenvalue weighted by molar-refractivity contribution is 0.865. The number of hydrogen-bond acceptors (Lipinski definition) is 2. The topological polar surface area (TPSA) is 27.0 Å². The van der Waals surface area contributed by atoms with E-state index >= 15 is 0 Å². The zero-order chi connectivity index (χ0) is 11.1. The van der Waals surface area contributed by atoms with E-state index in [0.717, 1.165) is 19.5 Å². The molecule has 0 heterocycles. The standard InChI is InChI=1S/C13H18N2/c1-3-15(4-2)13-9-7-12(8-10-13)6-5-11-14/h7-10H,3-6H2,1-2H3. The number of aryl methyl sites for hydroxylation is 1. The van der Waals surface area contributed by atoms with E-state index in [1.54, 1.807) is 0 Å². The molecule has 0 radical (unpaired) electrons. The Kier molecular flexibility index (Phi) is 4.70. The average molecular weight is 202 g/mol. The van der Waals surface area contributed by atoms with Crippen LogP contribution in [0.4, 0.5) is 5.69 Å². The van der Waals surface area contributed by atoms with Crippen molar-refractivity contribution in [3.8, 4) is 6.07 Å². The van der Waals surface area contributed by atoms with Crippen LogP contribution in [0.5, 0.6) is 0 Å². The summed E-state index contributed by atoms with van der Waals surface area (Å²) in [5, 5.41) is 8.49. The minimum atomic E-state index is 0.602. The Morgan fingerprint density at radius 1 is 1.13 bits per heavy atom. The van der Waals surface area contributed by atoms with Gasteiger partial charge in [0.05, 0.1) is 6.07 Å². The highest BCUT2D eigenvalue weighted by molar-refractivity contribution is 5.47. The van der Waals surface area contributed by atoms with Crippen molar-refractivity contribution in [2.75, 3.05) is 18.0 Å². The number of hydrogen-bond donors (Lipinski definition) is 0. The predicted octanol–water partition coefficient (Wildman–Crippen LogP) is 2.99. The molecule has 1 rings (SSSR count). The zero-order valence-corrected chi connectivity index (χ0v) is 9.53. The fraction of sp³-hybridized carbons (Fsp3) is 0.462. The summed E-state index contributed by atoms with van der Waals surface area (Å²) in [6.45, 7) is 6.39. The van der Waals surface area contributed by atoms with Gasteiger partial charge in [-0.1, -0.05) is 12.1 Å². The quantitative estimate of drug-likeness (QED) is 0.734. The first-order valence-corrected chi connectivity index (χ1v) is 5.52. The van der Waals surface area contributed by atoms with Crippen LogP contribution in [0.3, 0.4) is 0 Å². The molecule has 0 aromatic heterocycles. The van der Waals surface area contributed by atoms with E-state index in [2.05, 4.69) is 49.1 Å². The molecule has 15 heavy (non-hydrogen) atoms. The molecule has 0 N–H and O–H groups in total. The van der Waals surface area contributed by atoms with Gasteiger partial charge in [-0.15, -0.1) is 0 Å². The van der Waals surface area contributed by atoms with Gasteiger partial charge in [0.2, 0.25) is 0 Å². The van der Waals surface area contributed by atoms with Gasteiger partial charge in [0.25, 0.3) is 0 Å². The molecule has 1 aromatic rings. The van der Waals surface area contributed by atoms with Crippen LogP contribution >= 0.6 is 0 Å². The summed E-state index contributed by atoms with van der Waals surface area (Å²) < 4.78 is 0. The van der Waals surface area contributed by atoms with Crippen LogP contribution in [-0.2, 0) is 6.42 Å². The van der Waals surface area contributed by atoms with Crippen LogP contribution in [0.2, 0.25) is 0 Å². The van der Waals surface area contributed by atoms with E-state index in [-0.39, 0.29) is 0 Å². The van der Waals surface area contributed by atoms with Gasteiger partial charge in [0, 0.05) is 25.2 Å². The summed E-state index contributed by atoms with van der Waals surface area (Å²) in [5.41, 5.74) is 2.51. The third-order valence-electron chi connectivity index (χ3n) is 2.59. The van der Waals surface area contributed by atoms with E-state index in [1.807, 2.05) is 0 Å². The van der Waals surface area contributed by atoms with Crippen molar-refractivity contribution in [2.24, 2.45) is 0 Å². The van der Waals surface area contributed by atoms with Crippen molar-refractivity contribution in [1.29, 1.82) is 5.26 Å². The summed E-state index contributed by atoms with van der Waals surface area (Å²) in [5.74, 6) is 0. The summed E-state index contributed by atoms with van der Waals surface area (Å²) in [6, 6.07) is 10.7. The zero-order valence-electron chi connectivity index (χ0n) is 9.53. The molecule has 0 saturated carbocycles. The van der Waals surface area contributed by atoms with Crippen molar-refractivity contribution in [3.05, 3.63) is 29.8 Å². The molecule has 1 aromatic carbocycles. The average Bonchev–Trinajstić information content (AvgIpc) is 2.29. The Morgan fingerprint density at radius 2 is 1.73 bits per heavy atom. The highest BCUT2D eigenvalue weighted by Crippen LogP contribution is 2.15. The van der Waals surface area contributed by atoms with Crippen molar-refractivity contribution >= 4 is 5.69 Å². The fourth-order valence-electron chi connectivity index (χ4n) is 1.66. The van der Waals surface area contributed by atoms with Gasteiger partial charge in [-0.2, -0.15) is 5.26 Å². The van der Waals surface area contributed by atoms with Gasteiger partial charge in [-0.05, 0) is 38.0 Å². The van der Waals surface area contributed by atoms with Gasteiger partial charge >= 0.3 is 0 Å². The Morgan fingerprint density at radius 3 is 2.20 bits per heavy atom. The van der Waals surface area contributed by atoms with Gasteiger partial charge < -0.3 is 4.90 Å². The van der Waals surface area contributed by atoms with E-state index in [9.17, 15) is 0 Å². The maximum absolute atomic E-state index is 8.49. The van der Waals surface area contributed by atoms with Gasteiger partial charge in [-0.3, -0.25) is 0 Å². The minimum absolute atomic E-state index is 0.602. The molecule has 0 aliphatic heterocycles. The van der Waals surface area contributed by atoms with Gasteiger partial charge in [-0.25, -0.2) is 0 Å². The SMILES string of the molecule is CCN(CC)c1ccc(CCC#N)cc1. The number of rotatable bonds is 5. The lowest BCUT2D eigenvalue weighted by atomic mass is 10.1. The second-order valence-corrected chi connectivity index (χ2v) is 3.50. The lowest BCUT2D eigenvalue weighted by Gasteiger charge is -2.21. The van der Waals surface area contributed by atoms with Gasteiger partial charge in [0.1, 0.15) is 0 Å². The highest BCUT2D eigenvalue weighted by Gasteiger charge is 2.00. The van der Waals surface area contributed by atoms with E-state index < -0.39 is 0 Å². The number of benzene rings is 1. The lowest BCUT2D eigenvalue weighted by Crippen LogP contribution is -2.21. The first-order chi connectivity index (χ1) is 7.31. The largest absolute Gasteiger partial charge is 0.372 e. The molecule has 0 amide bonds. The molecule has 0 saturated heterocycles. The summed E-state index contributed by atoms with van der Waals surface area (Å²) in [7, 11) is 0. The predicted molar refractivity (Wildman–Crippen MR) is 63.9 cm³/mol.